The molecule has 1 saturated heterocycles. The van der Waals surface area contributed by atoms with E-state index in [1.807, 2.05) is 0 Å². The third kappa shape index (κ3) is 6.87. The van der Waals surface area contributed by atoms with Gasteiger partial charge in [0.15, 0.2) is 0 Å². The number of rotatable bonds is 9. The summed E-state index contributed by atoms with van der Waals surface area (Å²) in [4.78, 5) is 11.9. The van der Waals surface area contributed by atoms with Crippen molar-refractivity contribution in [3.63, 3.8) is 0 Å². The van der Waals surface area contributed by atoms with Gasteiger partial charge in [-0.25, -0.2) is 22.3 Å². The number of benzene rings is 2. The normalized spacial score (nSPS) is 20.8. The lowest BCUT2D eigenvalue weighted by Gasteiger charge is -2.36. The molecule has 3 atom stereocenters. The Morgan fingerprint density at radius 3 is 2.58 bits per heavy atom. The van der Waals surface area contributed by atoms with Gasteiger partial charge in [0, 0.05) is 12.2 Å². The highest BCUT2D eigenvalue weighted by molar-refractivity contribution is 7.89. The largest absolute Gasteiger partial charge is 0.497 e. The fourth-order valence-electron chi connectivity index (χ4n) is 3.61. The van der Waals surface area contributed by atoms with Gasteiger partial charge in [-0.05, 0) is 55.7 Å². The molecule has 0 aromatic heterocycles. The predicted octanol–water partition coefficient (Wildman–Crippen LogP) is 2.23. The van der Waals surface area contributed by atoms with E-state index < -0.39 is 38.9 Å². The van der Waals surface area contributed by atoms with Crippen LogP contribution >= 0.6 is 0 Å². The Morgan fingerprint density at radius 2 is 1.91 bits per heavy atom. The van der Waals surface area contributed by atoms with Gasteiger partial charge in [0.2, 0.25) is 10.0 Å². The molecule has 0 aliphatic carbocycles. The van der Waals surface area contributed by atoms with E-state index in [4.69, 9.17) is 9.47 Å². The smallest absolute Gasteiger partial charge is 0.319 e. The first-order valence-electron chi connectivity index (χ1n) is 10.5. The molecule has 0 spiro atoms. The summed E-state index contributed by atoms with van der Waals surface area (Å²) in [5.74, 6) is -0.148. The number of urea groups is 1. The van der Waals surface area contributed by atoms with E-state index in [9.17, 15) is 22.7 Å². The molecule has 1 heterocycles. The van der Waals surface area contributed by atoms with E-state index in [0.29, 0.717) is 30.7 Å². The van der Waals surface area contributed by atoms with Crippen molar-refractivity contribution in [1.82, 2.24) is 10.0 Å². The minimum absolute atomic E-state index is 0.0511. The van der Waals surface area contributed by atoms with Crippen LogP contribution in [0.5, 0.6) is 5.75 Å². The number of hydrogen-bond donors (Lipinski definition) is 4. The zero-order valence-electron chi connectivity index (χ0n) is 18.2. The van der Waals surface area contributed by atoms with Gasteiger partial charge in [0.25, 0.3) is 0 Å². The molecule has 0 bridgehead atoms. The van der Waals surface area contributed by atoms with Gasteiger partial charge < -0.3 is 25.2 Å². The molecule has 0 radical (unpaired) electrons. The zero-order chi connectivity index (χ0) is 23.8. The summed E-state index contributed by atoms with van der Waals surface area (Å²) < 4.78 is 51.6. The van der Waals surface area contributed by atoms with Crippen LogP contribution in [0.25, 0.3) is 0 Å². The lowest BCUT2D eigenvalue weighted by molar-refractivity contribution is -0.0884. The number of methoxy groups -OCH3 is 1. The van der Waals surface area contributed by atoms with Crippen LogP contribution in [0.1, 0.15) is 19.3 Å². The van der Waals surface area contributed by atoms with E-state index in [2.05, 4.69) is 15.4 Å². The standard InChI is InChI=1S/C22H28FN3O6S/c1-31-16-8-6-15(7-9-16)25-22(28)26-19-11-10-17(32-20(19)14-27)12-13-24-33(29,30)21-5-3-2-4-18(21)23/h2-9,17,19-20,24,27H,10-14H2,1H3,(H2,25,26,28)/t17-,19+,20-/m1/s1. The Labute approximate surface area is 192 Å². The van der Waals surface area contributed by atoms with Crippen LogP contribution in [-0.2, 0) is 14.8 Å². The number of carbonyl (C=O) groups excluding carboxylic acids is 1. The molecule has 1 aliphatic heterocycles. The monoisotopic (exact) mass is 481 g/mol. The number of aliphatic hydroxyl groups excluding tert-OH is 1. The maximum atomic E-state index is 13.8. The summed E-state index contributed by atoms with van der Waals surface area (Å²) in [6.45, 7) is -0.250. The molecular weight excluding hydrogens is 453 g/mol. The second-order valence-corrected chi connectivity index (χ2v) is 9.34. The molecule has 180 valence electrons. The lowest BCUT2D eigenvalue weighted by atomic mass is 9.97. The molecule has 33 heavy (non-hydrogen) atoms. The first kappa shape index (κ1) is 24.9. The van der Waals surface area contributed by atoms with E-state index in [0.717, 1.165) is 6.07 Å². The highest BCUT2D eigenvalue weighted by Gasteiger charge is 2.32. The highest BCUT2D eigenvalue weighted by Crippen LogP contribution is 2.22. The number of nitrogens with one attached hydrogen (secondary N) is 3. The van der Waals surface area contributed by atoms with Gasteiger partial charge in [0.1, 0.15) is 22.6 Å². The number of anilines is 1. The van der Waals surface area contributed by atoms with Crippen molar-refractivity contribution in [2.24, 2.45) is 0 Å². The van der Waals surface area contributed by atoms with Crippen molar-refractivity contribution >= 4 is 21.7 Å². The quantitative estimate of drug-likeness (QED) is 0.435. The summed E-state index contributed by atoms with van der Waals surface area (Å²) >= 11 is 0. The summed E-state index contributed by atoms with van der Waals surface area (Å²) in [5.41, 5.74) is 0.589. The minimum Gasteiger partial charge on any atom is -0.497 e. The van der Waals surface area contributed by atoms with Crippen molar-refractivity contribution in [3.05, 3.63) is 54.3 Å². The van der Waals surface area contributed by atoms with Crippen LogP contribution in [0.15, 0.2) is 53.4 Å². The number of halogens is 1. The van der Waals surface area contributed by atoms with Crippen LogP contribution in [-0.4, -0.2) is 58.1 Å². The van der Waals surface area contributed by atoms with E-state index in [1.165, 1.54) is 18.2 Å². The molecule has 0 unspecified atom stereocenters. The maximum Gasteiger partial charge on any atom is 0.319 e. The molecule has 2 aromatic carbocycles. The van der Waals surface area contributed by atoms with Crippen LogP contribution in [0.3, 0.4) is 0 Å². The molecule has 1 aliphatic rings. The number of amides is 2. The topological polar surface area (TPSA) is 126 Å². The Balaban J connectivity index is 1.46. The molecule has 1 fully saturated rings. The molecule has 4 N–H and O–H groups in total. The van der Waals surface area contributed by atoms with Crippen molar-refractivity contribution in [3.8, 4) is 5.75 Å². The number of sulfonamides is 1. The third-order valence-corrected chi connectivity index (χ3v) is 6.84. The van der Waals surface area contributed by atoms with Crippen molar-refractivity contribution in [2.75, 3.05) is 25.6 Å². The highest BCUT2D eigenvalue weighted by atomic mass is 32.2. The van der Waals surface area contributed by atoms with Gasteiger partial charge in [0.05, 0.1) is 25.9 Å². The second kappa shape index (κ2) is 11.4. The van der Waals surface area contributed by atoms with Gasteiger partial charge in [-0.1, -0.05) is 12.1 Å². The summed E-state index contributed by atoms with van der Waals surface area (Å²) in [7, 11) is -2.42. The van der Waals surface area contributed by atoms with Crippen LogP contribution < -0.4 is 20.1 Å². The predicted molar refractivity (Wildman–Crippen MR) is 120 cm³/mol. The molecule has 11 heteroatoms. The van der Waals surface area contributed by atoms with Gasteiger partial charge in [-0.3, -0.25) is 0 Å². The van der Waals surface area contributed by atoms with Crippen LogP contribution in [0.4, 0.5) is 14.9 Å². The van der Waals surface area contributed by atoms with Crippen molar-refractivity contribution in [1.29, 1.82) is 0 Å². The molecule has 2 amide bonds. The minimum atomic E-state index is -3.97. The maximum absolute atomic E-state index is 13.8. The third-order valence-electron chi connectivity index (χ3n) is 5.34. The van der Waals surface area contributed by atoms with E-state index in [1.54, 1.807) is 31.4 Å². The first-order chi connectivity index (χ1) is 15.8. The van der Waals surface area contributed by atoms with E-state index in [-0.39, 0.29) is 19.3 Å². The van der Waals surface area contributed by atoms with Gasteiger partial charge >= 0.3 is 6.03 Å². The Kier molecular flexibility index (Phi) is 8.61. The Morgan fingerprint density at radius 1 is 1.18 bits per heavy atom. The van der Waals surface area contributed by atoms with Crippen LogP contribution in [0, 0.1) is 5.82 Å². The zero-order valence-corrected chi connectivity index (χ0v) is 19.0. The fraction of sp³-hybridized carbons (Fsp3) is 0.409. The average molecular weight is 482 g/mol. The summed E-state index contributed by atoms with van der Waals surface area (Å²) in [5, 5.41) is 15.2. The fourth-order valence-corrected chi connectivity index (χ4v) is 4.74. The number of aliphatic hydroxyl groups is 1. The summed E-state index contributed by atoms with van der Waals surface area (Å²) in [6, 6.07) is 11.2. The Hall–Kier alpha value is -2.73. The van der Waals surface area contributed by atoms with Crippen molar-refractivity contribution < 1.29 is 32.2 Å². The molecular formula is C22H28FN3O6S. The first-order valence-corrected chi connectivity index (χ1v) is 12.0. The molecule has 3 rings (SSSR count). The SMILES string of the molecule is COc1ccc(NC(=O)N[C@H]2CC[C@H](CCNS(=O)(=O)c3ccccc3F)O[C@@H]2CO)cc1. The van der Waals surface area contributed by atoms with E-state index >= 15 is 0 Å². The van der Waals surface area contributed by atoms with Crippen LogP contribution in [0.2, 0.25) is 0 Å². The molecule has 2 aromatic rings. The molecule has 9 nitrogen and oxygen atoms in total. The number of carbonyl (C=O) groups is 1. The summed E-state index contributed by atoms with van der Waals surface area (Å²) in [6.07, 6.45) is 0.508. The lowest BCUT2D eigenvalue weighted by Crippen LogP contribution is -2.52. The average Bonchev–Trinajstić information content (AvgIpc) is 2.80. The number of ether oxygens (including phenoxy) is 2. The second-order valence-electron chi connectivity index (χ2n) is 7.61. The molecule has 0 saturated carbocycles. The van der Waals surface area contributed by atoms with Gasteiger partial charge in [-0.15, -0.1) is 0 Å². The Bertz CT molecular complexity index is 1030. The number of hydrogen-bond acceptors (Lipinski definition) is 6. The van der Waals surface area contributed by atoms with Crippen molar-refractivity contribution in [2.45, 2.75) is 42.4 Å². The van der Waals surface area contributed by atoms with Gasteiger partial charge in [-0.2, -0.15) is 0 Å².